The molecule has 0 aromatic heterocycles. The lowest BCUT2D eigenvalue weighted by Gasteiger charge is -2.18. The third-order valence-electron chi connectivity index (χ3n) is 7.67. The van der Waals surface area contributed by atoms with Crippen LogP contribution in [0.15, 0.2) is 36.5 Å². The van der Waals surface area contributed by atoms with Crippen molar-refractivity contribution in [3.8, 4) is 0 Å². The average Bonchev–Trinajstić information content (AvgIpc) is 2.92. The molecule has 2 atom stereocenters. The molecule has 0 N–H and O–H groups in total. The first kappa shape index (κ1) is 38.6. The maximum absolute atomic E-state index is 12.4. The summed E-state index contributed by atoms with van der Waals surface area (Å²) >= 11 is 0. The summed E-state index contributed by atoms with van der Waals surface area (Å²) in [6.45, 7) is 7.86. The Morgan fingerprint density at radius 1 is 0.600 bits per heavy atom. The van der Waals surface area contributed by atoms with Crippen LogP contribution in [-0.2, 0) is 9.53 Å². The van der Waals surface area contributed by atoms with Crippen LogP contribution in [0.3, 0.4) is 0 Å². The Hall–Kier alpha value is -1.35. The fourth-order valence-electron chi connectivity index (χ4n) is 5.01. The Morgan fingerprint density at radius 3 is 1.57 bits per heavy atom. The second-order valence-corrected chi connectivity index (χ2v) is 12.3. The molecular weight excluding hydrogens is 490 g/mol. The molecule has 0 aromatic carbocycles. The van der Waals surface area contributed by atoms with Crippen LogP contribution in [0.1, 0.15) is 162 Å². The van der Waals surface area contributed by atoms with E-state index < -0.39 is 0 Å². The number of rotatable bonds is 29. The quantitative estimate of drug-likeness (QED) is 0.0518. The van der Waals surface area contributed by atoms with Gasteiger partial charge >= 0.3 is 5.97 Å². The highest BCUT2D eigenvalue weighted by Gasteiger charge is 2.13. The van der Waals surface area contributed by atoms with E-state index in [0.717, 1.165) is 51.0 Å². The molecule has 2 unspecified atom stereocenters. The Labute approximate surface area is 251 Å². The number of carbonyl (C=O) groups is 1. The zero-order valence-electron chi connectivity index (χ0n) is 27.6. The number of esters is 1. The largest absolute Gasteiger partial charge is 0.462 e. The minimum absolute atomic E-state index is 0.0207. The van der Waals surface area contributed by atoms with Gasteiger partial charge in [-0.3, -0.25) is 4.79 Å². The van der Waals surface area contributed by atoms with Crippen LogP contribution in [0.5, 0.6) is 0 Å². The van der Waals surface area contributed by atoms with E-state index >= 15 is 0 Å². The summed E-state index contributed by atoms with van der Waals surface area (Å²) in [7, 11) is 4.10. The molecule has 0 saturated carbocycles. The van der Waals surface area contributed by atoms with Crippen LogP contribution in [0.2, 0.25) is 0 Å². The summed E-state index contributed by atoms with van der Waals surface area (Å²) in [4.78, 5) is 14.5. The van der Waals surface area contributed by atoms with Gasteiger partial charge in [0.2, 0.25) is 0 Å². The molecule has 0 aliphatic rings. The molecule has 0 radical (unpaired) electrons. The minimum Gasteiger partial charge on any atom is -0.462 e. The van der Waals surface area contributed by atoms with Crippen molar-refractivity contribution in [1.82, 2.24) is 4.90 Å². The van der Waals surface area contributed by atoms with Gasteiger partial charge < -0.3 is 9.64 Å². The summed E-state index contributed by atoms with van der Waals surface area (Å²) in [6, 6.07) is 0. The van der Waals surface area contributed by atoms with E-state index in [9.17, 15) is 4.79 Å². The molecular formula is C37H69NO2. The molecule has 0 rings (SSSR count). The fraction of sp³-hybridized carbons (Fsp3) is 0.811. The standard InChI is InChI=1S/C37H69NO2/c1-6-8-10-12-14-16-18-22-26-31-36(40-37(39)33-28-34-38(4)5)32-27-23-19-21-25-30-35(3)29-24-20-17-15-13-11-9-7-2/h14-17,19,23,35-36H,6-13,18,20-22,24-34H2,1-5H3/b16-14?,17-15-,23-19?. The van der Waals surface area contributed by atoms with Crippen LogP contribution in [-0.4, -0.2) is 37.6 Å². The smallest absolute Gasteiger partial charge is 0.306 e. The van der Waals surface area contributed by atoms with Crippen molar-refractivity contribution in [1.29, 1.82) is 0 Å². The van der Waals surface area contributed by atoms with E-state index in [-0.39, 0.29) is 12.1 Å². The van der Waals surface area contributed by atoms with Gasteiger partial charge in [-0.2, -0.15) is 0 Å². The van der Waals surface area contributed by atoms with Crippen LogP contribution in [0.4, 0.5) is 0 Å². The van der Waals surface area contributed by atoms with Crippen molar-refractivity contribution in [2.24, 2.45) is 5.92 Å². The number of ether oxygens (including phenoxy) is 1. The van der Waals surface area contributed by atoms with Crippen LogP contribution in [0, 0.1) is 5.92 Å². The average molecular weight is 560 g/mol. The Bertz CT molecular complexity index is 622. The van der Waals surface area contributed by atoms with E-state index in [1.54, 1.807) is 0 Å². The van der Waals surface area contributed by atoms with Gasteiger partial charge in [-0.15, -0.1) is 0 Å². The van der Waals surface area contributed by atoms with Crippen molar-refractivity contribution in [2.75, 3.05) is 20.6 Å². The Morgan fingerprint density at radius 2 is 1.07 bits per heavy atom. The van der Waals surface area contributed by atoms with Crippen LogP contribution >= 0.6 is 0 Å². The lowest BCUT2D eigenvalue weighted by molar-refractivity contribution is -0.149. The number of carbonyl (C=O) groups excluding carboxylic acids is 1. The molecule has 0 heterocycles. The van der Waals surface area contributed by atoms with Gasteiger partial charge in [0.05, 0.1) is 0 Å². The molecule has 3 nitrogen and oxygen atoms in total. The zero-order valence-corrected chi connectivity index (χ0v) is 27.6. The van der Waals surface area contributed by atoms with Crippen LogP contribution < -0.4 is 0 Å². The van der Waals surface area contributed by atoms with Gasteiger partial charge in [0, 0.05) is 6.42 Å². The number of nitrogens with zero attached hydrogens (tertiary/aromatic N) is 1. The first-order chi connectivity index (χ1) is 19.5. The lowest BCUT2D eigenvalue weighted by atomic mass is 9.97. The first-order valence-corrected chi connectivity index (χ1v) is 17.3. The number of hydrogen-bond acceptors (Lipinski definition) is 3. The number of allylic oxidation sites excluding steroid dienone is 6. The van der Waals surface area contributed by atoms with Gasteiger partial charge in [0.25, 0.3) is 0 Å². The second kappa shape index (κ2) is 30.6. The van der Waals surface area contributed by atoms with Crippen molar-refractivity contribution in [2.45, 2.75) is 168 Å². The predicted octanol–water partition coefficient (Wildman–Crippen LogP) is 11.4. The lowest BCUT2D eigenvalue weighted by Crippen LogP contribution is -2.20. The molecule has 0 aromatic rings. The van der Waals surface area contributed by atoms with Crippen LogP contribution in [0.25, 0.3) is 0 Å². The van der Waals surface area contributed by atoms with E-state index in [0.29, 0.717) is 6.42 Å². The van der Waals surface area contributed by atoms with E-state index in [4.69, 9.17) is 4.74 Å². The molecule has 0 amide bonds. The Balaban J connectivity index is 4.16. The molecule has 234 valence electrons. The third-order valence-corrected chi connectivity index (χ3v) is 7.67. The van der Waals surface area contributed by atoms with Gasteiger partial charge in [-0.05, 0) is 123 Å². The SMILES string of the molecule is CCCCCC=CCCCCC(CCC=CCCCC(C)CCC/C=C\CCCCC)OC(=O)CCCN(C)C. The van der Waals surface area contributed by atoms with Gasteiger partial charge in [-0.1, -0.05) is 95.8 Å². The van der Waals surface area contributed by atoms with Crippen molar-refractivity contribution < 1.29 is 9.53 Å². The number of hydrogen-bond donors (Lipinski definition) is 0. The molecule has 0 spiro atoms. The highest BCUT2D eigenvalue weighted by Crippen LogP contribution is 2.17. The monoisotopic (exact) mass is 560 g/mol. The maximum atomic E-state index is 12.4. The van der Waals surface area contributed by atoms with Gasteiger partial charge in [0.15, 0.2) is 0 Å². The summed E-state index contributed by atoms with van der Waals surface area (Å²) in [5, 5.41) is 0. The molecule has 40 heavy (non-hydrogen) atoms. The maximum Gasteiger partial charge on any atom is 0.306 e. The third kappa shape index (κ3) is 29.6. The molecule has 3 heteroatoms. The minimum atomic E-state index is -0.0207. The normalized spacial score (nSPS) is 13.8. The Kier molecular flexibility index (Phi) is 29.6. The molecule has 0 aliphatic carbocycles. The van der Waals surface area contributed by atoms with Crippen molar-refractivity contribution in [3.63, 3.8) is 0 Å². The molecule has 0 aliphatic heterocycles. The molecule has 0 saturated heterocycles. The summed E-state index contributed by atoms with van der Waals surface area (Å²) in [5.41, 5.74) is 0. The summed E-state index contributed by atoms with van der Waals surface area (Å²) in [5.74, 6) is 0.803. The zero-order chi connectivity index (χ0) is 29.5. The highest BCUT2D eigenvalue weighted by atomic mass is 16.5. The summed E-state index contributed by atoms with van der Waals surface area (Å²) in [6.07, 6.45) is 40.1. The fourth-order valence-corrected chi connectivity index (χ4v) is 5.01. The van der Waals surface area contributed by atoms with Gasteiger partial charge in [-0.25, -0.2) is 0 Å². The van der Waals surface area contributed by atoms with Crippen molar-refractivity contribution >= 4 is 5.97 Å². The molecule has 0 bridgehead atoms. The topological polar surface area (TPSA) is 29.5 Å². The number of unbranched alkanes of at least 4 members (excludes halogenated alkanes) is 10. The predicted molar refractivity (Wildman–Crippen MR) is 178 cm³/mol. The second-order valence-electron chi connectivity index (χ2n) is 12.3. The van der Waals surface area contributed by atoms with Gasteiger partial charge in [0.1, 0.15) is 6.10 Å². The van der Waals surface area contributed by atoms with Crippen molar-refractivity contribution in [3.05, 3.63) is 36.5 Å². The highest BCUT2D eigenvalue weighted by molar-refractivity contribution is 5.69. The first-order valence-electron chi connectivity index (χ1n) is 17.3. The van der Waals surface area contributed by atoms with E-state index in [1.165, 1.54) is 96.3 Å². The molecule has 0 fully saturated rings. The summed E-state index contributed by atoms with van der Waals surface area (Å²) < 4.78 is 5.93. The van der Waals surface area contributed by atoms with E-state index in [2.05, 4.69) is 62.1 Å². The van der Waals surface area contributed by atoms with E-state index in [1.807, 2.05) is 14.1 Å².